The van der Waals surface area contributed by atoms with Gasteiger partial charge in [0.1, 0.15) is 6.54 Å². The van der Waals surface area contributed by atoms with Gasteiger partial charge in [-0.2, -0.15) is 0 Å². The number of nitrogens with one attached hydrogen (secondary N) is 1. The lowest BCUT2D eigenvalue weighted by Crippen LogP contribution is -2.44. The Morgan fingerprint density at radius 1 is 1.03 bits per heavy atom. The first-order valence-corrected chi connectivity index (χ1v) is 11.9. The molecule has 4 aromatic rings. The van der Waals surface area contributed by atoms with Crippen molar-refractivity contribution in [1.82, 2.24) is 24.0 Å². The third kappa shape index (κ3) is 5.71. The number of amides is 1. The molecule has 0 aliphatic rings. The van der Waals surface area contributed by atoms with Crippen LogP contribution in [0.3, 0.4) is 0 Å². The van der Waals surface area contributed by atoms with Gasteiger partial charge in [-0.15, -0.1) is 0 Å². The molecule has 8 nitrogen and oxygen atoms in total. The highest BCUT2D eigenvalue weighted by Crippen LogP contribution is 2.13. The van der Waals surface area contributed by atoms with Crippen LogP contribution < -0.4 is 16.6 Å². The summed E-state index contributed by atoms with van der Waals surface area (Å²) in [6, 6.07) is 16.6. The number of aromatic nitrogens is 4. The number of hydrogen-bond acceptors (Lipinski definition) is 4. The summed E-state index contributed by atoms with van der Waals surface area (Å²) in [5.41, 5.74) is 1.27. The van der Waals surface area contributed by atoms with Crippen molar-refractivity contribution in [3.63, 3.8) is 0 Å². The number of imidazole rings is 1. The van der Waals surface area contributed by atoms with Crippen LogP contribution in [-0.2, 0) is 31.0 Å². The van der Waals surface area contributed by atoms with Crippen LogP contribution in [0.25, 0.3) is 11.2 Å². The van der Waals surface area contributed by atoms with Gasteiger partial charge in [-0.3, -0.25) is 14.2 Å². The second kappa shape index (κ2) is 10.7. The van der Waals surface area contributed by atoms with E-state index in [1.807, 2.05) is 36.4 Å². The molecule has 0 aliphatic carbocycles. The van der Waals surface area contributed by atoms with E-state index in [1.165, 1.54) is 4.57 Å². The molecule has 9 heteroatoms. The Hall–Kier alpha value is -3.65. The number of fused-ring (bicyclic) bond motifs is 1. The quantitative estimate of drug-likeness (QED) is 0.387. The van der Waals surface area contributed by atoms with Crippen molar-refractivity contribution in [2.45, 2.75) is 46.4 Å². The van der Waals surface area contributed by atoms with Crippen LogP contribution in [0.15, 0.2) is 70.5 Å². The number of benzene rings is 2. The number of carbonyl (C=O) groups is 1. The van der Waals surface area contributed by atoms with Crippen LogP contribution in [0.5, 0.6) is 0 Å². The van der Waals surface area contributed by atoms with Crippen molar-refractivity contribution in [3.8, 4) is 0 Å². The highest BCUT2D eigenvalue weighted by Gasteiger charge is 2.20. The third-order valence-electron chi connectivity index (χ3n) is 5.79. The van der Waals surface area contributed by atoms with Gasteiger partial charge >= 0.3 is 5.69 Å². The number of nitrogens with zero attached hydrogens (tertiary/aromatic N) is 4. The van der Waals surface area contributed by atoms with Crippen LogP contribution in [0.2, 0.25) is 5.02 Å². The van der Waals surface area contributed by atoms with E-state index < -0.39 is 23.7 Å². The number of hydrogen-bond donors (Lipinski definition) is 1. The lowest BCUT2D eigenvalue weighted by Gasteiger charge is -2.13. The van der Waals surface area contributed by atoms with Gasteiger partial charge in [-0.25, -0.2) is 14.3 Å². The van der Waals surface area contributed by atoms with Crippen molar-refractivity contribution >= 4 is 28.7 Å². The van der Waals surface area contributed by atoms with Crippen molar-refractivity contribution < 1.29 is 4.79 Å². The largest absolute Gasteiger partial charge is 0.350 e. The third-order valence-corrected chi connectivity index (χ3v) is 6.03. The van der Waals surface area contributed by atoms with E-state index >= 15 is 0 Å². The molecule has 0 fully saturated rings. The Kier molecular flexibility index (Phi) is 7.51. The van der Waals surface area contributed by atoms with Gasteiger partial charge in [0.15, 0.2) is 11.2 Å². The molecule has 35 heavy (non-hydrogen) atoms. The minimum atomic E-state index is -0.571. The summed E-state index contributed by atoms with van der Waals surface area (Å²) in [5, 5.41) is 3.33. The van der Waals surface area contributed by atoms with Crippen LogP contribution in [0.1, 0.15) is 31.4 Å². The van der Waals surface area contributed by atoms with Gasteiger partial charge in [0.2, 0.25) is 5.91 Å². The standard InChI is InChI=1S/C26H28ClN5O3/c1-18(2)11-12-30-17-29-24-23(30)25(34)32(26(35)31(24)15-19-7-4-3-5-8-19)16-22(33)28-14-20-9-6-10-21(27)13-20/h3-10,13,17-18H,11-12,14-16H2,1-2H3,(H,28,33). The topological polar surface area (TPSA) is 90.9 Å². The molecular formula is C26H28ClN5O3. The number of rotatable bonds is 9. The van der Waals surface area contributed by atoms with E-state index in [9.17, 15) is 14.4 Å². The summed E-state index contributed by atoms with van der Waals surface area (Å²) >= 11 is 6.01. The van der Waals surface area contributed by atoms with Gasteiger partial charge in [0, 0.05) is 18.1 Å². The van der Waals surface area contributed by atoms with Crippen molar-refractivity contribution in [2.75, 3.05) is 0 Å². The highest BCUT2D eigenvalue weighted by atomic mass is 35.5. The second-order valence-electron chi connectivity index (χ2n) is 8.94. The summed E-state index contributed by atoms with van der Waals surface area (Å²) < 4.78 is 4.23. The molecule has 1 amide bonds. The zero-order valence-corrected chi connectivity index (χ0v) is 20.5. The molecule has 4 rings (SSSR count). The predicted molar refractivity (Wildman–Crippen MR) is 137 cm³/mol. The lowest BCUT2D eigenvalue weighted by molar-refractivity contribution is -0.121. The number of aryl methyl sites for hydroxylation is 1. The fraction of sp³-hybridized carbons (Fsp3) is 0.308. The maximum absolute atomic E-state index is 13.4. The first-order chi connectivity index (χ1) is 16.8. The molecule has 0 bridgehead atoms. The van der Waals surface area contributed by atoms with Crippen molar-refractivity contribution in [2.24, 2.45) is 5.92 Å². The maximum atomic E-state index is 13.4. The Balaban J connectivity index is 1.70. The SMILES string of the molecule is CC(C)CCn1cnc2c1c(=O)n(CC(=O)NCc1cccc(Cl)c1)c(=O)n2Cc1ccccc1. The fourth-order valence-electron chi connectivity index (χ4n) is 3.90. The van der Waals surface area contributed by atoms with Crippen LogP contribution in [0.4, 0.5) is 0 Å². The second-order valence-corrected chi connectivity index (χ2v) is 9.38. The molecule has 0 radical (unpaired) electrons. The lowest BCUT2D eigenvalue weighted by atomic mass is 10.1. The van der Waals surface area contributed by atoms with E-state index in [2.05, 4.69) is 24.1 Å². The Morgan fingerprint density at radius 2 is 1.77 bits per heavy atom. The highest BCUT2D eigenvalue weighted by molar-refractivity contribution is 6.30. The van der Waals surface area contributed by atoms with Crippen LogP contribution in [0, 0.1) is 5.92 Å². The van der Waals surface area contributed by atoms with Gasteiger partial charge < -0.3 is 9.88 Å². The van der Waals surface area contributed by atoms with E-state index in [0.717, 1.165) is 22.1 Å². The summed E-state index contributed by atoms with van der Waals surface area (Å²) in [6.45, 7) is 4.88. The minimum Gasteiger partial charge on any atom is -0.350 e. The monoisotopic (exact) mass is 493 g/mol. The van der Waals surface area contributed by atoms with E-state index in [4.69, 9.17) is 11.6 Å². The number of halogens is 1. The molecular weight excluding hydrogens is 466 g/mol. The first-order valence-electron chi connectivity index (χ1n) is 11.6. The molecule has 0 atom stereocenters. The van der Waals surface area contributed by atoms with Gasteiger partial charge in [0.25, 0.3) is 5.56 Å². The van der Waals surface area contributed by atoms with Crippen molar-refractivity contribution in [1.29, 1.82) is 0 Å². The van der Waals surface area contributed by atoms with E-state index in [-0.39, 0.29) is 13.1 Å². The Morgan fingerprint density at radius 3 is 2.49 bits per heavy atom. The van der Waals surface area contributed by atoms with Gasteiger partial charge in [0.05, 0.1) is 12.9 Å². The molecule has 2 heterocycles. The number of carbonyl (C=O) groups excluding carboxylic acids is 1. The molecule has 0 aliphatic heterocycles. The minimum absolute atomic E-state index is 0.237. The molecule has 2 aromatic heterocycles. The fourth-order valence-corrected chi connectivity index (χ4v) is 4.11. The predicted octanol–water partition coefficient (Wildman–Crippen LogP) is 3.42. The maximum Gasteiger partial charge on any atom is 0.333 e. The average molecular weight is 494 g/mol. The summed E-state index contributed by atoms with van der Waals surface area (Å²) in [4.78, 5) is 44.0. The molecule has 0 saturated carbocycles. The van der Waals surface area contributed by atoms with Crippen molar-refractivity contribution in [3.05, 3.63) is 97.9 Å². The van der Waals surface area contributed by atoms with Crippen LogP contribution in [-0.4, -0.2) is 24.6 Å². The summed E-state index contributed by atoms with van der Waals surface area (Å²) in [7, 11) is 0. The molecule has 182 valence electrons. The molecule has 0 saturated heterocycles. The Bertz CT molecular complexity index is 1450. The van der Waals surface area contributed by atoms with Gasteiger partial charge in [-0.1, -0.05) is 67.9 Å². The average Bonchev–Trinajstić information content (AvgIpc) is 3.26. The summed E-state index contributed by atoms with van der Waals surface area (Å²) in [5.74, 6) is -0.00907. The molecule has 1 N–H and O–H groups in total. The molecule has 2 aromatic carbocycles. The van der Waals surface area contributed by atoms with Crippen LogP contribution >= 0.6 is 11.6 Å². The van der Waals surface area contributed by atoms with Gasteiger partial charge in [-0.05, 0) is 35.6 Å². The normalized spacial score (nSPS) is 11.3. The smallest absolute Gasteiger partial charge is 0.333 e. The molecule has 0 spiro atoms. The summed E-state index contributed by atoms with van der Waals surface area (Å²) in [6.07, 6.45) is 2.45. The Labute approximate surface area is 207 Å². The van der Waals surface area contributed by atoms with E-state index in [1.54, 1.807) is 29.1 Å². The van der Waals surface area contributed by atoms with E-state index in [0.29, 0.717) is 28.6 Å². The zero-order valence-electron chi connectivity index (χ0n) is 19.8. The first kappa shape index (κ1) is 24.5. The zero-order chi connectivity index (χ0) is 24.9. The molecule has 0 unspecified atom stereocenters.